The van der Waals surface area contributed by atoms with E-state index in [4.69, 9.17) is 10.8 Å². The van der Waals surface area contributed by atoms with Crippen molar-refractivity contribution in [1.82, 2.24) is 4.90 Å². The number of nitrogens with one attached hydrogen (secondary N) is 1. The van der Waals surface area contributed by atoms with Gasteiger partial charge >= 0.3 is 5.97 Å². The highest BCUT2D eigenvalue weighted by molar-refractivity contribution is 6.32. The van der Waals surface area contributed by atoms with Crippen molar-refractivity contribution in [3.05, 3.63) is 23.3 Å². The number of likely N-dealkylation sites (N-methyl/N-ethyl adjacent to an activating group) is 1. The number of Topliss-reactive ketones (excluding diaryl/α,β-unsaturated/α-hetero) is 4. The number of hydrogen-bond acceptors (Lipinski definition) is 10. The molecule has 0 bridgehead atoms. The molecular weight excluding hydrogens is 502 g/mol. The number of benzene rings is 1. The minimum atomic E-state index is -2.82. The predicted molar refractivity (Wildman–Crippen MR) is 127 cm³/mol. The van der Waals surface area contributed by atoms with Crippen LogP contribution in [0, 0.1) is 23.7 Å². The highest BCUT2D eigenvalue weighted by Gasteiger charge is 2.69. The summed E-state index contributed by atoms with van der Waals surface area (Å²) in [5, 5.41) is 33.4. The standard InChI is InChI=1S/C25H27N3O10/c1-28(2)18-11-8-10-7-9-3-4-12(27-13(29)5-6-14(30)31)19(32)15(9)20(33)16(10)22(35)25(11,38)23(36)17(21(18)34)24(26)37/h3-4,10-11,16-18,32,38H,5-8H2,1-2H3,(H2,26,37)(H,27,29)(H,30,31)/t10-,11-,16?,17?,18-,25-/m1/s1. The summed E-state index contributed by atoms with van der Waals surface area (Å²) in [5.74, 6) is -13.6. The number of fused-ring (bicyclic) bond motifs is 3. The molecule has 13 nitrogen and oxygen atoms in total. The zero-order valence-electron chi connectivity index (χ0n) is 20.6. The second-order valence-electron chi connectivity index (χ2n) is 10.2. The molecule has 2 unspecified atom stereocenters. The number of amides is 2. The number of nitrogens with two attached hydrogens (primary N) is 1. The van der Waals surface area contributed by atoms with Crippen LogP contribution in [0.2, 0.25) is 0 Å². The maximum absolute atomic E-state index is 13.7. The van der Waals surface area contributed by atoms with E-state index in [1.165, 1.54) is 31.1 Å². The Morgan fingerprint density at radius 2 is 1.76 bits per heavy atom. The third kappa shape index (κ3) is 3.98. The van der Waals surface area contributed by atoms with Crippen molar-refractivity contribution in [2.75, 3.05) is 19.4 Å². The number of phenols is 1. The van der Waals surface area contributed by atoms with Crippen LogP contribution in [0.1, 0.15) is 35.2 Å². The maximum Gasteiger partial charge on any atom is 0.303 e. The number of aliphatic hydroxyl groups is 1. The van der Waals surface area contributed by atoms with Crippen LogP contribution in [0.5, 0.6) is 5.75 Å². The predicted octanol–water partition coefficient (Wildman–Crippen LogP) is -1.33. The molecule has 0 aliphatic heterocycles. The van der Waals surface area contributed by atoms with Gasteiger partial charge in [-0.3, -0.25) is 38.5 Å². The number of carbonyl (C=O) groups excluding carboxylic acids is 6. The lowest BCUT2D eigenvalue weighted by molar-refractivity contribution is -0.181. The second kappa shape index (κ2) is 9.40. The number of carboxylic acids is 1. The summed E-state index contributed by atoms with van der Waals surface area (Å²) in [6.45, 7) is 0. The van der Waals surface area contributed by atoms with Gasteiger partial charge in [0.1, 0.15) is 5.75 Å². The molecule has 6 atom stereocenters. The van der Waals surface area contributed by atoms with Crippen LogP contribution in [0.25, 0.3) is 0 Å². The summed E-state index contributed by atoms with van der Waals surface area (Å²) in [6.07, 6.45) is -0.817. The van der Waals surface area contributed by atoms with Crippen molar-refractivity contribution in [2.45, 2.75) is 37.3 Å². The molecule has 4 rings (SSSR count). The number of aromatic hydroxyl groups is 1. The fourth-order valence-electron chi connectivity index (χ4n) is 6.11. The maximum atomic E-state index is 13.7. The van der Waals surface area contributed by atoms with E-state index >= 15 is 0 Å². The van der Waals surface area contributed by atoms with E-state index in [2.05, 4.69) is 5.32 Å². The quantitative estimate of drug-likeness (QED) is 0.214. The summed E-state index contributed by atoms with van der Waals surface area (Å²) in [4.78, 5) is 89.8. The number of primary amides is 1. The van der Waals surface area contributed by atoms with E-state index in [0.29, 0.717) is 5.56 Å². The average Bonchev–Trinajstić information content (AvgIpc) is 2.81. The number of anilines is 1. The summed E-state index contributed by atoms with van der Waals surface area (Å²) >= 11 is 0. The number of nitrogens with zero attached hydrogens (tertiary/aromatic N) is 1. The van der Waals surface area contributed by atoms with Crippen LogP contribution in [-0.2, 0) is 35.2 Å². The van der Waals surface area contributed by atoms with Crippen LogP contribution in [-0.4, -0.2) is 86.9 Å². The van der Waals surface area contributed by atoms with Crippen molar-refractivity contribution in [2.24, 2.45) is 29.4 Å². The number of carboxylic acid groups (broad SMARTS) is 1. The van der Waals surface area contributed by atoms with Crippen molar-refractivity contribution in [3.63, 3.8) is 0 Å². The molecule has 2 saturated carbocycles. The van der Waals surface area contributed by atoms with Crippen LogP contribution in [0.4, 0.5) is 5.69 Å². The molecule has 202 valence electrons. The number of rotatable bonds is 6. The Kier molecular flexibility index (Phi) is 6.70. The van der Waals surface area contributed by atoms with Gasteiger partial charge in [0.15, 0.2) is 34.7 Å². The van der Waals surface area contributed by atoms with Gasteiger partial charge in [0.25, 0.3) is 0 Å². The van der Waals surface area contributed by atoms with Gasteiger partial charge in [0.05, 0.1) is 29.6 Å². The van der Waals surface area contributed by atoms with Gasteiger partial charge in [-0.1, -0.05) is 6.07 Å². The minimum Gasteiger partial charge on any atom is -0.505 e. The summed E-state index contributed by atoms with van der Waals surface area (Å²) in [5.41, 5.74) is 2.38. The topological polar surface area (TPSA) is 221 Å². The van der Waals surface area contributed by atoms with Crippen molar-refractivity contribution in [1.29, 1.82) is 0 Å². The van der Waals surface area contributed by atoms with Gasteiger partial charge in [0, 0.05) is 12.3 Å². The Hall–Kier alpha value is -3.97. The van der Waals surface area contributed by atoms with Crippen LogP contribution < -0.4 is 11.1 Å². The zero-order valence-corrected chi connectivity index (χ0v) is 20.6. The Morgan fingerprint density at radius 1 is 1.11 bits per heavy atom. The number of ketones is 4. The normalized spacial score (nSPS) is 30.4. The molecule has 1 aromatic rings. The summed E-state index contributed by atoms with van der Waals surface area (Å²) in [6, 6.07) is 1.63. The van der Waals surface area contributed by atoms with Gasteiger partial charge in [-0.2, -0.15) is 0 Å². The van der Waals surface area contributed by atoms with Gasteiger partial charge < -0.3 is 26.4 Å². The van der Waals surface area contributed by atoms with E-state index in [9.17, 15) is 43.8 Å². The molecular formula is C25H27N3O10. The number of carbonyl (C=O) groups is 7. The van der Waals surface area contributed by atoms with E-state index in [-0.39, 0.29) is 30.5 Å². The van der Waals surface area contributed by atoms with Crippen LogP contribution >= 0.6 is 0 Å². The minimum absolute atomic E-state index is 0.0711. The highest BCUT2D eigenvalue weighted by Crippen LogP contribution is 2.51. The van der Waals surface area contributed by atoms with E-state index in [1.807, 2.05) is 0 Å². The Bertz CT molecular complexity index is 1300. The fraction of sp³-hybridized carbons (Fsp3) is 0.480. The average molecular weight is 530 g/mol. The molecule has 13 heteroatoms. The van der Waals surface area contributed by atoms with Gasteiger partial charge in [0.2, 0.25) is 11.8 Å². The second-order valence-corrected chi connectivity index (χ2v) is 10.2. The number of hydrogen-bond donors (Lipinski definition) is 5. The van der Waals surface area contributed by atoms with E-state index < -0.39 is 88.4 Å². The van der Waals surface area contributed by atoms with Crippen LogP contribution in [0.3, 0.4) is 0 Å². The molecule has 0 spiro atoms. The van der Waals surface area contributed by atoms with Crippen molar-refractivity contribution < 1.29 is 48.9 Å². The first-order chi connectivity index (χ1) is 17.7. The first kappa shape index (κ1) is 27.1. The molecule has 3 aliphatic rings. The molecule has 0 aromatic heterocycles. The Labute approximate surface area is 216 Å². The SMILES string of the molecule is CN(C)[C@H]1C(=O)C(C(N)=O)C(=O)[C@]2(O)C(=O)C3C(=O)c4c(ccc(NC(=O)CCC(=O)O)c4O)C[C@@H]3C[C@H]12. The summed E-state index contributed by atoms with van der Waals surface area (Å²) in [7, 11) is 3.00. The number of aliphatic carboxylic acids is 1. The van der Waals surface area contributed by atoms with Crippen molar-refractivity contribution >= 4 is 46.6 Å². The molecule has 1 aromatic carbocycles. The fourth-order valence-corrected chi connectivity index (χ4v) is 6.11. The molecule has 3 aliphatic carbocycles. The molecule has 0 heterocycles. The van der Waals surface area contributed by atoms with Crippen LogP contribution in [0.15, 0.2) is 12.1 Å². The molecule has 38 heavy (non-hydrogen) atoms. The van der Waals surface area contributed by atoms with Crippen molar-refractivity contribution in [3.8, 4) is 5.75 Å². The number of phenolic OH excluding ortho intramolecular Hbond substituents is 1. The highest BCUT2D eigenvalue weighted by atomic mass is 16.4. The Balaban J connectivity index is 1.74. The lowest BCUT2D eigenvalue weighted by Crippen LogP contribution is -2.74. The molecule has 0 saturated heterocycles. The zero-order chi connectivity index (χ0) is 28.3. The Morgan fingerprint density at radius 3 is 2.34 bits per heavy atom. The first-order valence-electron chi connectivity index (χ1n) is 11.9. The third-order valence-corrected chi connectivity index (χ3v) is 7.77. The largest absolute Gasteiger partial charge is 0.505 e. The summed E-state index contributed by atoms with van der Waals surface area (Å²) < 4.78 is 0. The van der Waals surface area contributed by atoms with Gasteiger partial charge in [-0.25, -0.2) is 0 Å². The third-order valence-electron chi connectivity index (χ3n) is 7.77. The van der Waals surface area contributed by atoms with E-state index in [0.717, 1.165) is 0 Å². The lowest BCUT2D eigenvalue weighted by Gasteiger charge is -2.52. The molecule has 0 radical (unpaired) electrons. The lowest BCUT2D eigenvalue weighted by atomic mass is 9.52. The monoisotopic (exact) mass is 529 g/mol. The van der Waals surface area contributed by atoms with E-state index in [1.54, 1.807) is 0 Å². The smallest absolute Gasteiger partial charge is 0.303 e. The molecule has 2 fully saturated rings. The van der Waals surface area contributed by atoms with Gasteiger partial charge in [-0.05, 0) is 44.5 Å². The first-order valence-corrected chi connectivity index (χ1v) is 11.9. The molecule has 6 N–H and O–H groups in total. The molecule has 2 amide bonds. The van der Waals surface area contributed by atoms with Gasteiger partial charge in [-0.15, -0.1) is 0 Å².